The minimum atomic E-state index is 0.317. The van der Waals surface area contributed by atoms with Gasteiger partial charge in [0.05, 0.1) is 11.2 Å². The molecule has 4 rings (SSSR count). The molecule has 4 aromatic rings. The quantitative estimate of drug-likeness (QED) is 0.571. The maximum Gasteiger partial charge on any atom is 0.136 e. The molecular weight excluding hydrogens is 298 g/mol. The van der Waals surface area contributed by atoms with Gasteiger partial charge in [-0.25, -0.2) is 9.67 Å². The largest absolute Gasteiger partial charge is 0.307 e. The summed E-state index contributed by atoms with van der Waals surface area (Å²) in [6, 6.07) is 12.8. The molecule has 24 heavy (non-hydrogen) atoms. The number of benzene rings is 1. The Balaban J connectivity index is 1.61. The van der Waals surface area contributed by atoms with Crippen molar-refractivity contribution in [2.45, 2.75) is 39.2 Å². The molecule has 5 nitrogen and oxygen atoms in total. The molecule has 1 atom stereocenters. The van der Waals surface area contributed by atoms with Gasteiger partial charge in [-0.1, -0.05) is 24.3 Å². The third-order valence-electron chi connectivity index (χ3n) is 4.45. The van der Waals surface area contributed by atoms with Crippen molar-refractivity contribution in [1.82, 2.24) is 24.4 Å². The van der Waals surface area contributed by atoms with Crippen molar-refractivity contribution in [2.24, 2.45) is 0 Å². The van der Waals surface area contributed by atoms with Crippen molar-refractivity contribution in [3.05, 3.63) is 60.0 Å². The van der Waals surface area contributed by atoms with Gasteiger partial charge in [-0.2, -0.15) is 0 Å². The number of imidazole rings is 1. The standard InChI is InChI=1S/C19H21N5/c1-13(2)24-18-8-7-15(11-16(18)21-22-24)10-14(3)17-12-23-9-5-4-6-19(23)20-17/h4-9,11-14H,10H2,1-3H3. The summed E-state index contributed by atoms with van der Waals surface area (Å²) in [5.74, 6) is 0.350. The van der Waals surface area contributed by atoms with Crippen LogP contribution in [0.2, 0.25) is 0 Å². The summed E-state index contributed by atoms with van der Waals surface area (Å²) in [5, 5.41) is 8.56. The molecule has 0 N–H and O–H groups in total. The maximum atomic E-state index is 4.73. The van der Waals surface area contributed by atoms with Gasteiger partial charge in [0.1, 0.15) is 11.2 Å². The Kier molecular flexibility index (Phi) is 3.56. The highest BCUT2D eigenvalue weighted by molar-refractivity contribution is 5.75. The van der Waals surface area contributed by atoms with Crippen LogP contribution in [0.25, 0.3) is 16.7 Å². The lowest BCUT2D eigenvalue weighted by molar-refractivity contribution is 0.530. The molecule has 0 saturated carbocycles. The van der Waals surface area contributed by atoms with E-state index in [-0.39, 0.29) is 0 Å². The Labute approximate surface area is 140 Å². The van der Waals surface area contributed by atoms with E-state index in [0.717, 1.165) is 28.8 Å². The first-order valence-electron chi connectivity index (χ1n) is 8.39. The molecule has 0 bridgehead atoms. The Hall–Kier alpha value is -2.69. The van der Waals surface area contributed by atoms with Crippen LogP contribution < -0.4 is 0 Å². The van der Waals surface area contributed by atoms with Crippen LogP contribution in [0.15, 0.2) is 48.8 Å². The molecule has 0 radical (unpaired) electrons. The molecule has 0 fully saturated rings. The number of rotatable bonds is 4. The van der Waals surface area contributed by atoms with E-state index in [9.17, 15) is 0 Å². The van der Waals surface area contributed by atoms with Gasteiger partial charge in [-0.3, -0.25) is 0 Å². The summed E-state index contributed by atoms with van der Waals surface area (Å²) >= 11 is 0. The van der Waals surface area contributed by atoms with Crippen LogP contribution in [-0.4, -0.2) is 24.4 Å². The SMILES string of the molecule is CC(Cc1ccc2c(c1)nnn2C(C)C)c1cn2ccccc2n1. The summed E-state index contributed by atoms with van der Waals surface area (Å²) in [6.45, 7) is 6.46. The zero-order valence-electron chi connectivity index (χ0n) is 14.2. The second-order valence-electron chi connectivity index (χ2n) is 6.69. The van der Waals surface area contributed by atoms with E-state index >= 15 is 0 Å². The molecule has 0 aliphatic heterocycles. The van der Waals surface area contributed by atoms with Crippen molar-refractivity contribution in [2.75, 3.05) is 0 Å². The first-order valence-corrected chi connectivity index (χ1v) is 8.39. The van der Waals surface area contributed by atoms with Crippen LogP contribution in [0.4, 0.5) is 0 Å². The molecule has 122 valence electrons. The lowest BCUT2D eigenvalue weighted by Crippen LogP contribution is -2.02. The molecular formula is C19H21N5. The molecule has 0 aliphatic rings. The van der Waals surface area contributed by atoms with E-state index in [2.05, 4.69) is 59.9 Å². The van der Waals surface area contributed by atoms with Crippen LogP contribution in [-0.2, 0) is 6.42 Å². The molecule has 5 heteroatoms. The molecule has 1 aromatic carbocycles. The second kappa shape index (κ2) is 5.74. The van der Waals surface area contributed by atoms with Crippen molar-refractivity contribution >= 4 is 16.7 Å². The average Bonchev–Trinajstić information content (AvgIpc) is 3.18. The highest BCUT2D eigenvalue weighted by Crippen LogP contribution is 2.23. The van der Waals surface area contributed by atoms with Crippen LogP contribution in [0.5, 0.6) is 0 Å². The zero-order valence-corrected chi connectivity index (χ0v) is 14.2. The van der Waals surface area contributed by atoms with E-state index in [0.29, 0.717) is 12.0 Å². The Morgan fingerprint density at radius 2 is 1.96 bits per heavy atom. The Morgan fingerprint density at radius 3 is 2.75 bits per heavy atom. The first-order chi connectivity index (χ1) is 11.6. The third-order valence-corrected chi connectivity index (χ3v) is 4.45. The zero-order chi connectivity index (χ0) is 16.7. The minimum Gasteiger partial charge on any atom is -0.307 e. The average molecular weight is 319 g/mol. The summed E-state index contributed by atoms with van der Waals surface area (Å²) < 4.78 is 4.04. The molecule has 0 saturated heterocycles. The third kappa shape index (κ3) is 2.56. The predicted molar refractivity (Wildman–Crippen MR) is 95.2 cm³/mol. The van der Waals surface area contributed by atoms with Gasteiger partial charge >= 0.3 is 0 Å². The van der Waals surface area contributed by atoms with E-state index in [4.69, 9.17) is 4.98 Å². The van der Waals surface area contributed by atoms with E-state index < -0.39 is 0 Å². The number of pyridine rings is 1. The van der Waals surface area contributed by atoms with Gasteiger partial charge < -0.3 is 4.40 Å². The van der Waals surface area contributed by atoms with E-state index in [1.165, 1.54) is 5.56 Å². The van der Waals surface area contributed by atoms with Crippen LogP contribution in [0.1, 0.15) is 44.0 Å². The van der Waals surface area contributed by atoms with Crippen molar-refractivity contribution < 1.29 is 0 Å². The van der Waals surface area contributed by atoms with Crippen molar-refractivity contribution in [3.8, 4) is 0 Å². The van der Waals surface area contributed by atoms with Gasteiger partial charge in [0.2, 0.25) is 0 Å². The molecule has 0 amide bonds. The Bertz CT molecular complexity index is 962. The maximum absolute atomic E-state index is 4.73. The van der Waals surface area contributed by atoms with Gasteiger partial charge in [0.15, 0.2) is 0 Å². The predicted octanol–water partition coefficient (Wildman–Crippen LogP) is 4.01. The highest BCUT2D eigenvalue weighted by atomic mass is 15.4. The molecule has 3 aromatic heterocycles. The minimum absolute atomic E-state index is 0.317. The molecule has 1 unspecified atom stereocenters. The van der Waals surface area contributed by atoms with Gasteiger partial charge in [0, 0.05) is 24.4 Å². The first kappa shape index (κ1) is 14.9. The number of hydrogen-bond acceptors (Lipinski definition) is 3. The topological polar surface area (TPSA) is 48.0 Å². The van der Waals surface area contributed by atoms with Gasteiger partial charge in [-0.15, -0.1) is 5.10 Å². The summed E-state index contributed by atoms with van der Waals surface area (Å²) in [6.07, 6.45) is 5.09. The van der Waals surface area contributed by atoms with Crippen molar-refractivity contribution in [1.29, 1.82) is 0 Å². The number of aromatic nitrogens is 5. The summed E-state index contributed by atoms with van der Waals surface area (Å²) in [5.41, 5.74) is 5.43. The van der Waals surface area contributed by atoms with E-state index in [1.54, 1.807) is 0 Å². The number of hydrogen-bond donors (Lipinski definition) is 0. The molecule has 3 heterocycles. The van der Waals surface area contributed by atoms with Crippen molar-refractivity contribution in [3.63, 3.8) is 0 Å². The number of fused-ring (bicyclic) bond motifs is 2. The smallest absolute Gasteiger partial charge is 0.136 e. The van der Waals surface area contributed by atoms with E-state index in [1.807, 2.05) is 29.1 Å². The van der Waals surface area contributed by atoms with Crippen LogP contribution >= 0.6 is 0 Å². The van der Waals surface area contributed by atoms with Gasteiger partial charge in [0.25, 0.3) is 0 Å². The fraction of sp³-hybridized carbons (Fsp3) is 0.316. The summed E-state index contributed by atoms with van der Waals surface area (Å²) in [7, 11) is 0. The fourth-order valence-corrected chi connectivity index (χ4v) is 3.15. The fourth-order valence-electron chi connectivity index (χ4n) is 3.15. The highest BCUT2D eigenvalue weighted by Gasteiger charge is 2.13. The van der Waals surface area contributed by atoms with Crippen LogP contribution in [0.3, 0.4) is 0 Å². The monoisotopic (exact) mass is 319 g/mol. The second-order valence-corrected chi connectivity index (χ2v) is 6.69. The van der Waals surface area contributed by atoms with Crippen LogP contribution in [0, 0.1) is 0 Å². The molecule has 0 spiro atoms. The number of nitrogens with zero attached hydrogens (tertiary/aromatic N) is 5. The van der Waals surface area contributed by atoms with Gasteiger partial charge in [-0.05, 0) is 50.1 Å². The molecule has 0 aliphatic carbocycles. The lowest BCUT2D eigenvalue weighted by atomic mass is 9.98. The Morgan fingerprint density at radius 1 is 1.08 bits per heavy atom. The lowest BCUT2D eigenvalue weighted by Gasteiger charge is -2.09. The summed E-state index contributed by atoms with van der Waals surface area (Å²) in [4.78, 5) is 4.73. The normalized spacial score (nSPS) is 13.2.